The van der Waals surface area contributed by atoms with E-state index >= 15 is 0 Å². The fraction of sp³-hybridized carbons (Fsp3) is 0.632. The smallest absolute Gasteiger partial charge is 0.191 e. The maximum absolute atomic E-state index is 10.7. The van der Waals surface area contributed by atoms with Crippen LogP contribution in [0, 0.1) is 0 Å². The van der Waals surface area contributed by atoms with E-state index in [9.17, 15) is 5.11 Å². The number of ether oxygens (including phenoxy) is 1. The van der Waals surface area contributed by atoms with Crippen molar-refractivity contribution in [2.75, 3.05) is 52.5 Å². The first-order valence-electron chi connectivity index (χ1n) is 9.39. The van der Waals surface area contributed by atoms with Gasteiger partial charge < -0.3 is 20.5 Å². The van der Waals surface area contributed by atoms with Gasteiger partial charge in [0, 0.05) is 42.8 Å². The Morgan fingerprint density at radius 2 is 1.89 bits per heavy atom. The number of aliphatic imine (C=N–C) groups is 1. The molecule has 1 unspecified atom stereocenters. The second-order valence-electron chi connectivity index (χ2n) is 6.96. The van der Waals surface area contributed by atoms with Gasteiger partial charge in [-0.05, 0) is 38.0 Å². The monoisotopic (exact) mass is 544 g/mol. The lowest BCUT2D eigenvalue weighted by Crippen LogP contribution is -2.48. The first kappa shape index (κ1) is 25.7. The summed E-state index contributed by atoms with van der Waals surface area (Å²) in [4.78, 5) is 6.75. The lowest BCUT2D eigenvalue weighted by molar-refractivity contribution is -0.0179. The van der Waals surface area contributed by atoms with Gasteiger partial charge in [-0.15, -0.1) is 24.0 Å². The molecule has 0 radical (unpaired) electrons. The number of hydrogen-bond acceptors (Lipinski definition) is 4. The fourth-order valence-corrected chi connectivity index (χ4v) is 3.55. The van der Waals surface area contributed by atoms with Crippen molar-refractivity contribution < 1.29 is 9.84 Å². The number of morpholine rings is 1. The second-order valence-corrected chi connectivity index (χ2v) is 7.77. The highest BCUT2D eigenvalue weighted by Crippen LogP contribution is 2.24. The van der Waals surface area contributed by atoms with Gasteiger partial charge in [-0.3, -0.25) is 9.89 Å². The largest absolute Gasteiger partial charge is 0.387 e. The highest BCUT2D eigenvalue weighted by Gasteiger charge is 2.25. The molecule has 0 aromatic heterocycles. The van der Waals surface area contributed by atoms with Crippen LogP contribution in [0.5, 0.6) is 0 Å². The van der Waals surface area contributed by atoms with Gasteiger partial charge in [0.05, 0.1) is 25.4 Å². The molecule has 1 aliphatic heterocycles. The molecule has 1 atom stereocenters. The Morgan fingerprint density at radius 3 is 2.50 bits per heavy atom. The first-order chi connectivity index (χ1) is 12.9. The standard InChI is InChI=1S/C19H30Cl2N4O2.HI/c1-3-22-18(23-8-7-15-16(20)5-4-6-17(15)21)24-13-19(2,26)14-25-9-11-27-12-10-25;/h4-6,26H,3,7-14H2,1-2H3,(H2,22,23,24);1H. The van der Waals surface area contributed by atoms with Crippen molar-refractivity contribution >= 4 is 53.1 Å². The molecule has 6 nitrogen and oxygen atoms in total. The number of benzene rings is 1. The van der Waals surface area contributed by atoms with Crippen LogP contribution in [0.1, 0.15) is 19.4 Å². The predicted molar refractivity (Wildman–Crippen MR) is 127 cm³/mol. The van der Waals surface area contributed by atoms with Gasteiger partial charge in [0.2, 0.25) is 0 Å². The van der Waals surface area contributed by atoms with E-state index in [1.807, 2.05) is 32.0 Å². The van der Waals surface area contributed by atoms with Crippen LogP contribution in [0.25, 0.3) is 0 Å². The lowest BCUT2D eigenvalue weighted by atomic mass is 10.1. The lowest BCUT2D eigenvalue weighted by Gasteiger charge is -2.33. The number of guanidine groups is 1. The van der Waals surface area contributed by atoms with Gasteiger partial charge >= 0.3 is 0 Å². The molecule has 160 valence electrons. The van der Waals surface area contributed by atoms with E-state index in [-0.39, 0.29) is 24.0 Å². The molecule has 1 saturated heterocycles. The zero-order chi connectivity index (χ0) is 19.7. The molecule has 0 spiro atoms. The molecule has 0 aliphatic carbocycles. The normalized spacial score (nSPS) is 17.5. The number of halogens is 3. The number of nitrogens with one attached hydrogen (secondary N) is 2. The van der Waals surface area contributed by atoms with Gasteiger partial charge in [-0.25, -0.2) is 0 Å². The van der Waals surface area contributed by atoms with E-state index in [2.05, 4.69) is 20.5 Å². The molecule has 1 heterocycles. The average molecular weight is 545 g/mol. The minimum atomic E-state index is -0.897. The summed E-state index contributed by atoms with van der Waals surface area (Å²) in [5, 5.41) is 18.5. The van der Waals surface area contributed by atoms with Crippen LogP contribution in [0.2, 0.25) is 10.0 Å². The molecule has 1 fully saturated rings. The van der Waals surface area contributed by atoms with E-state index < -0.39 is 5.60 Å². The van der Waals surface area contributed by atoms with Crippen LogP contribution < -0.4 is 10.6 Å². The maximum Gasteiger partial charge on any atom is 0.191 e. The summed E-state index contributed by atoms with van der Waals surface area (Å²) in [7, 11) is 0. The van der Waals surface area contributed by atoms with Crippen LogP contribution in [-0.2, 0) is 11.2 Å². The Morgan fingerprint density at radius 1 is 1.25 bits per heavy atom. The summed E-state index contributed by atoms with van der Waals surface area (Å²) in [6, 6.07) is 5.51. The van der Waals surface area contributed by atoms with Crippen LogP contribution >= 0.6 is 47.2 Å². The molecular formula is C19H31Cl2IN4O2. The van der Waals surface area contributed by atoms with Crippen LogP contribution in [0.4, 0.5) is 0 Å². The van der Waals surface area contributed by atoms with Gasteiger partial charge in [0.25, 0.3) is 0 Å². The Bertz CT molecular complexity index is 606. The number of hydrogen-bond donors (Lipinski definition) is 3. The van der Waals surface area contributed by atoms with Gasteiger partial charge in [0.1, 0.15) is 0 Å². The van der Waals surface area contributed by atoms with E-state index in [4.69, 9.17) is 27.9 Å². The van der Waals surface area contributed by atoms with Crippen molar-refractivity contribution in [3.63, 3.8) is 0 Å². The zero-order valence-electron chi connectivity index (χ0n) is 16.5. The summed E-state index contributed by atoms with van der Waals surface area (Å²) in [5.41, 5.74) is 0.0228. The third-order valence-electron chi connectivity index (χ3n) is 4.32. The summed E-state index contributed by atoms with van der Waals surface area (Å²) >= 11 is 12.4. The third-order valence-corrected chi connectivity index (χ3v) is 5.03. The number of nitrogens with zero attached hydrogens (tertiary/aromatic N) is 2. The molecule has 1 aromatic rings. The van der Waals surface area contributed by atoms with Crippen molar-refractivity contribution in [2.45, 2.75) is 25.9 Å². The SMILES string of the molecule is CCNC(=NCC(C)(O)CN1CCOCC1)NCCc1c(Cl)cccc1Cl.I. The highest BCUT2D eigenvalue weighted by atomic mass is 127. The van der Waals surface area contributed by atoms with E-state index in [0.29, 0.717) is 55.3 Å². The quantitative estimate of drug-likeness (QED) is 0.267. The Balaban J connectivity index is 0.00000392. The van der Waals surface area contributed by atoms with Crippen LogP contribution in [0.15, 0.2) is 23.2 Å². The zero-order valence-corrected chi connectivity index (χ0v) is 20.4. The Kier molecular flexibility index (Phi) is 12.0. The molecule has 1 aromatic carbocycles. The predicted octanol–water partition coefficient (Wildman–Crippen LogP) is 2.79. The molecule has 0 saturated carbocycles. The third kappa shape index (κ3) is 9.00. The van der Waals surface area contributed by atoms with E-state index in [1.54, 1.807) is 0 Å². The second kappa shape index (κ2) is 13.1. The molecular weight excluding hydrogens is 514 g/mol. The molecule has 0 amide bonds. The minimum absolute atomic E-state index is 0. The van der Waals surface area contributed by atoms with Crippen LogP contribution in [0.3, 0.4) is 0 Å². The summed E-state index contributed by atoms with van der Waals surface area (Å²) in [6.07, 6.45) is 0.688. The van der Waals surface area contributed by atoms with Gasteiger partial charge in [-0.1, -0.05) is 29.3 Å². The van der Waals surface area contributed by atoms with Crippen molar-refractivity contribution in [3.05, 3.63) is 33.8 Å². The Labute approximate surface area is 195 Å². The molecule has 9 heteroatoms. The highest BCUT2D eigenvalue weighted by molar-refractivity contribution is 14.0. The minimum Gasteiger partial charge on any atom is -0.387 e. The number of aliphatic hydroxyl groups is 1. The van der Waals surface area contributed by atoms with Gasteiger partial charge in [-0.2, -0.15) is 0 Å². The first-order valence-corrected chi connectivity index (χ1v) is 10.1. The summed E-state index contributed by atoms with van der Waals surface area (Å²) in [5.74, 6) is 0.669. The van der Waals surface area contributed by atoms with Crippen molar-refractivity contribution in [1.82, 2.24) is 15.5 Å². The average Bonchev–Trinajstić information content (AvgIpc) is 2.62. The molecule has 1 aliphatic rings. The fourth-order valence-electron chi connectivity index (χ4n) is 2.96. The van der Waals surface area contributed by atoms with Gasteiger partial charge in [0.15, 0.2) is 5.96 Å². The summed E-state index contributed by atoms with van der Waals surface area (Å²) in [6.45, 7) is 9.22. The maximum atomic E-state index is 10.7. The Hall–Kier alpha value is -0.320. The van der Waals surface area contributed by atoms with Crippen LogP contribution in [-0.4, -0.2) is 74.0 Å². The van der Waals surface area contributed by atoms with E-state index in [0.717, 1.165) is 25.2 Å². The molecule has 3 N–H and O–H groups in total. The number of rotatable bonds is 8. The van der Waals surface area contributed by atoms with E-state index in [1.165, 1.54) is 0 Å². The van der Waals surface area contributed by atoms with Crippen molar-refractivity contribution in [2.24, 2.45) is 4.99 Å². The molecule has 28 heavy (non-hydrogen) atoms. The van der Waals surface area contributed by atoms with Crippen molar-refractivity contribution in [1.29, 1.82) is 0 Å². The van der Waals surface area contributed by atoms with Crippen molar-refractivity contribution in [3.8, 4) is 0 Å². The topological polar surface area (TPSA) is 69.1 Å². The summed E-state index contributed by atoms with van der Waals surface area (Å²) < 4.78 is 5.35. The molecule has 2 rings (SSSR count). The number of β-amino-alcohol motifs (C(OH)–C–C–N with tert-alkyl or cyclic N) is 1. The molecule has 0 bridgehead atoms.